The number of sulfone groups is 1. The average molecular weight is 351 g/mol. The summed E-state index contributed by atoms with van der Waals surface area (Å²) >= 11 is 0. The molecule has 1 saturated heterocycles. The van der Waals surface area contributed by atoms with Crippen molar-refractivity contribution < 1.29 is 17.9 Å². The minimum Gasteiger partial charge on any atom is -0.468 e. The van der Waals surface area contributed by atoms with E-state index in [1.165, 1.54) is 6.08 Å². The fourth-order valence-electron chi connectivity index (χ4n) is 3.32. The lowest BCUT2D eigenvalue weighted by atomic mass is 9.94. The third kappa shape index (κ3) is 3.70. The van der Waals surface area contributed by atoms with Gasteiger partial charge in [0.25, 0.3) is 6.47 Å². The van der Waals surface area contributed by atoms with E-state index in [0.717, 1.165) is 11.1 Å². The van der Waals surface area contributed by atoms with Crippen LogP contribution in [0.2, 0.25) is 0 Å². The lowest BCUT2D eigenvalue weighted by molar-refractivity contribution is -0.129. The van der Waals surface area contributed by atoms with Gasteiger partial charge in [0.1, 0.15) is 5.25 Å². The summed E-state index contributed by atoms with van der Waals surface area (Å²) in [5, 5.41) is 2.45. The van der Waals surface area contributed by atoms with Gasteiger partial charge in [0.15, 0.2) is 9.84 Å². The second kappa shape index (κ2) is 7.94. The molecule has 0 radical (unpaired) electrons. The van der Waals surface area contributed by atoms with Crippen LogP contribution in [0, 0.1) is 6.92 Å². The quantitative estimate of drug-likeness (QED) is 0.442. The van der Waals surface area contributed by atoms with Crippen LogP contribution in [0.4, 0.5) is 0 Å². The highest BCUT2D eigenvalue weighted by Gasteiger charge is 2.47. The Morgan fingerprint density at radius 2 is 1.92 bits per heavy atom. The average Bonchev–Trinajstić information content (AvgIpc) is 2.58. The maximum absolute atomic E-state index is 13.5. The van der Waals surface area contributed by atoms with Gasteiger partial charge in [0.05, 0.1) is 11.4 Å². The molecule has 0 spiro atoms. The third-order valence-corrected chi connectivity index (χ3v) is 7.77. The highest BCUT2D eigenvalue weighted by atomic mass is 32.2. The maximum atomic E-state index is 13.5. The molecular formula is C18H25NO4S. The van der Waals surface area contributed by atoms with E-state index < -0.39 is 19.8 Å². The zero-order valence-corrected chi connectivity index (χ0v) is 14.8. The lowest BCUT2D eigenvalue weighted by Crippen LogP contribution is -2.49. The Hall–Kier alpha value is -1.66. The molecule has 1 unspecified atom stereocenters. The molecule has 1 fully saturated rings. The van der Waals surface area contributed by atoms with Gasteiger partial charge in [0, 0.05) is 6.42 Å². The van der Waals surface area contributed by atoms with E-state index in [0.29, 0.717) is 38.8 Å². The van der Waals surface area contributed by atoms with Gasteiger partial charge in [-0.25, -0.2) is 8.42 Å². The van der Waals surface area contributed by atoms with Crippen molar-refractivity contribution in [3.8, 4) is 0 Å². The van der Waals surface area contributed by atoms with Crippen molar-refractivity contribution in [3.05, 3.63) is 48.0 Å². The minimum atomic E-state index is -3.54. The number of hydrogen-bond donors (Lipinski definition) is 1. The molecule has 0 aromatic heterocycles. The zero-order valence-electron chi connectivity index (χ0n) is 14.0. The van der Waals surface area contributed by atoms with Crippen molar-refractivity contribution in [3.63, 3.8) is 0 Å². The summed E-state index contributed by atoms with van der Waals surface area (Å²) in [4.78, 5) is 10.4. The van der Waals surface area contributed by atoms with Crippen LogP contribution in [0.5, 0.6) is 0 Å². The first-order valence-corrected chi connectivity index (χ1v) is 9.70. The van der Waals surface area contributed by atoms with Crippen molar-refractivity contribution >= 4 is 16.3 Å². The van der Waals surface area contributed by atoms with Crippen molar-refractivity contribution in [2.45, 2.75) is 36.2 Å². The Bertz CT molecular complexity index is 661. The summed E-state index contributed by atoms with van der Waals surface area (Å²) < 4.78 is 30.9. The number of hydrogen-bond acceptors (Lipinski definition) is 5. The Labute approximate surface area is 144 Å². The SMILES string of the molecule is C=CC(c1ccc(C)cc1)S(=O)(=O)C1(CCOC=O)CCNCC1. The second-order valence-corrected chi connectivity index (χ2v) is 8.73. The van der Waals surface area contributed by atoms with E-state index >= 15 is 0 Å². The van der Waals surface area contributed by atoms with E-state index in [9.17, 15) is 13.2 Å². The smallest absolute Gasteiger partial charge is 0.293 e. The Balaban J connectivity index is 2.38. The molecule has 1 heterocycles. The predicted octanol–water partition coefficient (Wildman–Crippen LogP) is 2.32. The molecule has 24 heavy (non-hydrogen) atoms. The van der Waals surface area contributed by atoms with Crippen LogP contribution in [-0.4, -0.2) is 39.3 Å². The molecule has 1 aliphatic rings. The van der Waals surface area contributed by atoms with Crippen molar-refractivity contribution in [1.29, 1.82) is 0 Å². The summed E-state index contributed by atoms with van der Waals surface area (Å²) in [6, 6.07) is 7.50. The normalized spacial score (nSPS) is 18.5. The van der Waals surface area contributed by atoms with Gasteiger partial charge in [-0.1, -0.05) is 35.9 Å². The number of piperidine rings is 1. The van der Waals surface area contributed by atoms with Gasteiger partial charge >= 0.3 is 0 Å². The Kier molecular flexibility index (Phi) is 6.18. The van der Waals surface area contributed by atoms with Gasteiger partial charge < -0.3 is 10.1 Å². The minimum absolute atomic E-state index is 0.112. The molecule has 0 saturated carbocycles. The molecule has 132 valence electrons. The zero-order chi connectivity index (χ0) is 17.6. The highest BCUT2D eigenvalue weighted by Crippen LogP contribution is 2.40. The molecular weight excluding hydrogens is 326 g/mol. The molecule has 0 amide bonds. The van der Waals surface area contributed by atoms with Gasteiger partial charge in [-0.05, 0) is 38.4 Å². The standard InChI is InChI=1S/C18H25NO4S/c1-3-17(16-6-4-15(2)5-7-16)24(21,22)18(10-13-23-14-20)8-11-19-12-9-18/h3-7,14,17,19H,1,8-13H2,2H3. The first-order chi connectivity index (χ1) is 11.5. The molecule has 0 aliphatic carbocycles. The van der Waals surface area contributed by atoms with Crippen LogP contribution in [-0.2, 0) is 19.4 Å². The third-order valence-electron chi connectivity index (χ3n) is 4.82. The lowest BCUT2D eigenvalue weighted by Gasteiger charge is -2.39. The highest BCUT2D eigenvalue weighted by molar-refractivity contribution is 7.93. The Morgan fingerprint density at radius 1 is 1.29 bits per heavy atom. The van der Waals surface area contributed by atoms with E-state index in [4.69, 9.17) is 4.74 Å². The summed E-state index contributed by atoms with van der Waals surface area (Å²) in [5.74, 6) is 0. The summed E-state index contributed by atoms with van der Waals surface area (Å²) in [7, 11) is -3.54. The van der Waals surface area contributed by atoms with Crippen LogP contribution in [0.25, 0.3) is 0 Å². The van der Waals surface area contributed by atoms with Crippen LogP contribution in [0.1, 0.15) is 35.6 Å². The van der Waals surface area contributed by atoms with Crippen LogP contribution in [0.3, 0.4) is 0 Å². The number of benzene rings is 1. The van der Waals surface area contributed by atoms with E-state index in [2.05, 4.69) is 11.9 Å². The van der Waals surface area contributed by atoms with Crippen LogP contribution in [0.15, 0.2) is 36.9 Å². The fourth-order valence-corrected chi connectivity index (χ4v) is 5.77. The van der Waals surface area contributed by atoms with E-state index in [-0.39, 0.29) is 6.61 Å². The second-order valence-electron chi connectivity index (χ2n) is 6.26. The number of carbonyl (C=O) groups excluding carboxylic acids is 1. The van der Waals surface area contributed by atoms with Crippen molar-refractivity contribution in [1.82, 2.24) is 5.32 Å². The number of nitrogens with one attached hydrogen (secondary N) is 1. The molecule has 1 N–H and O–H groups in total. The van der Waals surface area contributed by atoms with Gasteiger partial charge in [-0.15, -0.1) is 6.58 Å². The van der Waals surface area contributed by atoms with Crippen molar-refractivity contribution in [2.75, 3.05) is 19.7 Å². The number of carbonyl (C=O) groups is 1. The predicted molar refractivity (Wildman–Crippen MR) is 94.5 cm³/mol. The number of rotatable bonds is 8. The monoisotopic (exact) mass is 351 g/mol. The summed E-state index contributed by atoms with van der Waals surface area (Å²) in [5.41, 5.74) is 1.81. The van der Waals surface area contributed by atoms with Gasteiger partial charge in [-0.3, -0.25) is 4.79 Å². The van der Waals surface area contributed by atoms with Gasteiger partial charge in [-0.2, -0.15) is 0 Å². The Morgan fingerprint density at radius 3 is 2.46 bits per heavy atom. The molecule has 2 rings (SSSR count). The van der Waals surface area contributed by atoms with E-state index in [1.54, 1.807) is 0 Å². The first-order valence-electron chi connectivity index (χ1n) is 8.15. The van der Waals surface area contributed by atoms with Gasteiger partial charge in [0.2, 0.25) is 0 Å². The largest absolute Gasteiger partial charge is 0.468 e. The fraction of sp³-hybridized carbons (Fsp3) is 0.500. The van der Waals surface area contributed by atoms with Crippen LogP contribution < -0.4 is 5.32 Å². The molecule has 5 nitrogen and oxygen atoms in total. The molecule has 1 atom stereocenters. The van der Waals surface area contributed by atoms with Crippen molar-refractivity contribution in [2.24, 2.45) is 0 Å². The van der Waals surface area contributed by atoms with E-state index in [1.807, 2.05) is 31.2 Å². The number of aryl methyl sites for hydroxylation is 1. The molecule has 0 bridgehead atoms. The summed E-state index contributed by atoms with van der Waals surface area (Å²) in [6.45, 7) is 7.48. The number of ether oxygens (including phenoxy) is 1. The molecule has 1 aliphatic heterocycles. The molecule has 1 aromatic carbocycles. The molecule has 1 aromatic rings. The maximum Gasteiger partial charge on any atom is 0.293 e. The van der Waals surface area contributed by atoms with Crippen LogP contribution >= 0.6 is 0 Å². The summed E-state index contributed by atoms with van der Waals surface area (Å²) in [6.07, 6.45) is 2.83. The molecule has 6 heteroatoms. The first kappa shape index (κ1) is 18.7. The topological polar surface area (TPSA) is 72.5 Å².